The van der Waals surface area contributed by atoms with Crippen LogP contribution in [0.25, 0.3) is 0 Å². The van der Waals surface area contributed by atoms with E-state index in [1.54, 1.807) is 0 Å². The fraction of sp³-hybridized carbons (Fsp3) is 0.368. The lowest BCUT2D eigenvalue weighted by atomic mass is 9.66. The molecule has 6 aliphatic heterocycles. The number of hydrogen-bond donors (Lipinski definition) is 3. The van der Waals surface area contributed by atoms with Gasteiger partial charge in [0.05, 0.1) is 22.1 Å². The summed E-state index contributed by atoms with van der Waals surface area (Å²) in [6.45, 7) is 5.02. The molecule has 0 unspecified atom stereocenters. The Kier molecular flexibility index (Phi) is 6.00. The van der Waals surface area contributed by atoms with Crippen LogP contribution >= 0.6 is 0 Å². The Morgan fingerprint density at radius 2 is 0.727 bits per heavy atom. The van der Waals surface area contributed by atoms with Crippen LogP contribution in [0.3, 0.4) is 0 Å². The largest absolute Gasteiger partial charge is 0.456 e. The third kappa shape index (κ3) is 4.21. The first-order chi connectivity index (χ1) is 21.6. The van der Waals surface area contributed by atoms with Crippen LogP contribution in [-0.2, 0) is 24.7 Å². The quantitative estimate of drug-likeness (QED) is 0.168. The molecule has 6 heteroatoms. The van der Waals surface area contributed by atoms with Crippen LogP contribution in [0.5, 0.6) is 34.5 Å². The summed E-state index contributed by atoms with van der Waals surface area (Å²) in [6.07, 6.45) is 10.1. The maximum Gasteiger partial charge on any atom is 0.137 e. The second kappa shape index (κ2) is 10.1. The Hall–Kier alpha value is -4.32. The Bertz CT molecular complexity index is 1520. The van der Waals surface area contributed by atoms with Crippen molar-refractivity contribution in [3.8, 4) is 34.5 Å². The highest BCUT2D eigenvalue weighted by Gasteiger charge is 2.53. The van der Waals surface area contributed by atoms with E-state index in [4.69, 9.17) is 14.2 Å². The van der Waals surface area contributed by atoms with Crippen LogP contribution in [0.15, 0.2) is 54.6 Å². The predicted octanol–water partition coefficient (Wildman–Crippen LogP) is 9.29. The number of nitrogens with one attached hydrogen (secondary N) is 3. The SMILES string of the molecule is CC12c3c4cc5cc3Oc3cc6cc(c31)Oc1cc(cc(c12)O4)NCCCCc1cc(cc(c1)CCCCN6)CCCCN5. The van der Waals surface area contributed by atoms with Gasteiger partial charge in [-0.05, 0) is 81.4 Å². The molecular weight excluding hydrogens is 546 g/mol. The summed E-state index contributed by atoms with van der Waals surface area (Å²) in [4.78, 5) is 0. The summed E-state index contributed by atoms with van der Waals surface area (Å²) in [5.41, 5.74) is 10.3. The summed E-state index contributed by atoms with van der Waals surface area (Å²) in [6, 6.07) is 20.3. The topological polar surface area (TPSA) is 63.8 Å². The fourth-order valence-electron chi connectivity index (χ4n) is 8.10. The monoisotopic (exact) mass is 585 g/mol. The molecule has 0 fully saturated rings. The van der Waals surface area contributed by atoms with Crippen molar-refractivity contribution < 1.29 is 14.2 Å². The molecule has 6 aliphatic rings. The van der Waals surface area contributed by atoms with Crippen molar-refractivity contribution in [3.05, 3.63) is 88.0 Å². The molecule has 0 atom stereocenters. The van der Waals surface area contributed by atoms with E-state index in [-0.39, 0.29) is 0 Å². The van der Waals surface area contributed by atoms with E-state index >= 15 is 0 Å². The standard InChI is InChI=1S/C38H39N3O3/c1-38-35-29-17-26-18-30(35)43-32-20-28-22-34(37(32)38)44-33-21-27(19-31(42-29)36(33)38)40-12-6-3-9-24-14-23(8-2-5-11-39-26)15-25(16-24)10-4-7-13-41-28/h14-22,39-41H,2-13H2,1H3. The van der Waals surface area contributed by atoms with Crippen LogP contribution in [0.1, 0.15) is 78.8 Å². The van der Waals surface area contributed by atoms with E-state index < -0.39 is 5.41 Å². The maximum absolute atomic E-state index is 6.75. The molecule has 10 rings (SSSR count). The van der Waals surface area contributed by atoms with Gasteiger partial charge < -0.3 is 30.2 Å². The Morgan fingerprint density at radius 1 is 0.432 bits per heavy atom. The van der Waals surface area contributed by atoms with E-state index in [0.29, 0.717) is 0 Å². The molecule has 3 N–H and O–H groups in total. The van der Waals surface area contributed by atoms with Gasteiger partial charge in [0.1, 0.15) is 34.5 Å². The molecule has 0 amide bonds. The number of benzene rings is 4. The highest BCUT2D eigenvalue weighted by molar-refractivity contribution is 5.82. The van der Waals surface area contributed by atoms with Crippen LogP contribution in [0.2, 0.25) is 0 Å². The van der Waals surface area contributed by atoms with Gasteiger partial charge in [0.25, 0.3) is 0 Å². The Balaban J connectivity index is 1.23. The zero-order valence-corrected chi connectivity index (χ0v) is 25.4. The van der Waals surface area contributed by atoms with Crippen LogP contribution in [-0.4, -0.2) is 19.6 Å². The molecule has 12 bridgehead atoms. The van der Waals surface area contributed by atoms with E-state index in [0.717, 1.165) is 146 Å². The van der Waals surface area contributed by atoms with E-state index in [1.165, 1.54) is 16.7 Å². The lowest BCUT2D eigenvalue weighted by Crippen LogP contribution is -2.36. The van der Waals surface area contributed by atoms with Gasteiger partial charge in [0.15, 0.2) is 0 Å². The van der Waals surface area contributed by atoms with Crippen molar-refractivity contribution in [1.29, 1.82) is 0 Å². The molecule has 4 aromatic rings. The van der Waals surface area contributed by atoms with Crippen molar-refractivity contribution in [2.45, 2.75) is 70.1 Å². The second-order valence-electron chi connectivity index (χ2n) is 13.3. The van der Waals surface area contributed by atoms with E-state index in [2.05, 4.69) is 77.5 Å². The van der Waals surface area contributed by atoms with E-state index in [9.17, 15) is 0 Å². The fourth-order valence-corrected chi connectivity index (χ4v) is 8.10. The first kappa shape index (κ1) is 26.1. The van der Waals surface area contributed by atoms with Crippen molar-refractivity contribution >= 4 is 17.1 Å². The summed E-state index contributed by atoms with van der Waals surface area (Å²) in [7, 11) is 0. The van der Waals surface area contributed by atoms with Gasteiger partial charge in [-0.25, -0.2) is 0 Å². The van der Waals surface area contributed by atoms with Gasteiger partial charge >= 0.3 is 0 Å². The van der Waals surface area contributed by atoms with Crippen molar-refractivity contribution in [1.82, 2.24) is 0 Å². The molecule has 0 aliphatic carbocycles. The minimum absolute atomic E-state index is 0.455. The summed E-state index contributed by atoms with van der Waals surface area (Å²) < 4.78 is 20.2. The summed E-state index contributed by atoms with van der Waals surface area (Å²) >= 11 is 0. The van der Waals surface area contributed by atoms with Gasteiger partial charge in [-0.1, -0.05) is 18.2 Å². The molecule has 4 aromatic carbocycles. The number of hydrogen-bond acceptors (Lipinski definition) is 6. The summed E-state index contributed by atoms with van der Waals surface area (Å²) in [5, 5.41) is 11.1. The maximum atomic E-state index is 6.75. The zero-order valence-electron chi connectivity index (χ0n) is 25.4. The lowest BCUT2D eigenvalue weighted by Gasteiger charge is -2.46. The van der Waals surface area contributed by atoms with Gasteiger partial charge in [-0.3, -0.25) is 0 Å². The first-order valence-electron chi connectivity index (χ1n) is 16.5. The minimum Gasteiger partial charge on any atom is -0.456 e. The molecule has 0 saturated heterocycles. The Morgan fingerprint density at radius 3 is 1.02 bits per heavy atom. The molecule has 0 saturated carbocycles. The Labute approximate surface area is 259 Å². The van der Waals surface area contributed by atoms with Gasteiger partial charge in [-0.2, -0.15) is 0 Å². The van der Waals surface area contributed by atoms with Crippen LogP contribution in [0.4, 0.5) is 17.1 Å². The van der Waals surface area contributed by atoms with Gasteiger partial charge in [-0.15, -0.1) is 0 Å². The zero-order chi connectivity index (χ0) is 29.3. The molecule has 0 radical (unpaired) electrons. The van der Waals surface area contributed by atoms with E-state index in [1.807, 2.05) is 0 Å². The second-order valence-corrected chi connectivity index (χ2v) is 13.3. The first-order valence-corrected chi connectivity index (χ1v) is 16.5. The lowest BCUT2D eigenvalue weighted by molar-refractivity contribution is 0.338. The normalized spacial score (nSPS) is 18.8. The highest BCUT2D eigenvalue weighted by atomic mass is 16.5. The van der Waals surface area contributed by atoms with Crippen LogP contribution < -0.4 is 30.2 Å². The smallest absolute Gasteiger partial charge is 0.137 e. The summed E-state index contributed by atoms with van der Waals surface area (Å²) in [5.74, 6) is 5.11. The highest BCUT2D eigenvalue weighted by Crippen LogP contribution is 2.67. The molecule has 0 aromatic heterocycles. The molecule has 6 heterocycles. The van der Waals surface area contributed by atoms with Crippen molar-refractivity contribution in [3.63, 3.8) is 0 Å². The third-order valence-electron chi connectivity index (χ3n) is 10.1. The minimum atomic E-state index is -0.455. The third-order valence-corrected chi connectivity index (χ3v) is 10.1. The average Bonchev–Trinajstić information content (AvgIpc) is 2.99. The number of aryl methyl sites for hydroxylation is 3. The van der Waals surface area contributed by atoms with Crippen molar-refractivity contribution in [2.24, 2.45) is 0 Å². The van der Waals surface area contributed by atoms with Gasteiger partial charge in [0, 0.05) is 73.1 Å². The molecule has 6 nitrogen and oxygen atoms in total. The van der Waals surface area contributed by atoms with Crippen molar-refractivity contribution in [2.75, 3.05) is 35.6 Å². The number of ether oxygens (including phenoxy) is 3. The molecule has 44 heavy (non-hydrogen) atoms. The predicted molar refractivity (Wildman–Crippen MR) is 176 cm³/mol. The molecule has 224 valence electrons. The number of anilines is 3. The number of fused-ring (bicyclic) bond motifs is 12. The molecular formula is C38H39N3O3. The van der Waals surface area contributed by atoms with Gasteiger partial charge in [0.2, 0.25) is 0 Å². The number of rotatable bonds is 0. The van der Waals surface area contributed by atoms with Crippen LogP contribution in [0, 0.1) is 0 Å². The average molecular weight is 586 g/mol. The molecule has 0 spiro atoms.